The van der Waals surface area contributed by atoms with E-state index in [1.54, 1.807) is 34.4 Å². The summed E-state index contributed by atoms with van der Waals surface area (Å²) in [7, 11) is 0. The number of ether oxygens (including phenoxy) is 2. The highest BCUT2D eigenvalue weighted by atomic mass is 32.1. The van der Waals surface area contributed by atoms with Gasteiger partial charge in [-0.25, -0.2) is 19.4 Å². The van der Waals surface area contributed by atoms with Gasteiger partial charge in [-0.2, -0.15) is 0 Å². The molecule has 9 nitrogen and oxygen atoms in total. The number of rotatable bonds is 7. The molecule has 0 unspecified atom stereocenters. The van der Waals surface area contributed by atoms with E-state index in [1.807, 2.05) is 52.1 Å². The van der Waals surface area contributed by atoms with Crippen LogP contribution in [0.3, 0.4) is 0 Å². The average molecular weight is 552 g/mol. The number of aromatic nitrogens is 1. The van der Waals surface area contributed by atoms with Crippen LogP contribution < -0.4 is 10.6 Å². The Bertz CT molecular complexity index is 982. The van der Waals surface area contributed by atoms with Gasteiger partial charge in [0.1, 0.15) is 19.0 Å². The predicted molar refractivity (Wildman–Crippen MR) is 154 cm³/mol. The van der Waals surface area contributed by atoms with Crippen molar-refractivity contribution in [1.82, 2.24) is 4.98 Å². The zero-order valence-corrected chi connectivity index (χ0v) is 23.6. The first-order valence-electron chi connectivity index (χ1n) is 11.5. The van der Waals surface area contributed by atoms with E-state index >= 15 is 0 Å². The number of hydrogen-bond acceptors (Lipinski definition) is 8. The Labute approximate surface area is 227 Å². The predicted octanol–water partition coefficient (Wildman–Crippen LogP) is 7.68. The third kappa shape index (κ3) is 19.2. The lowest BCUT2D eigenvalue weighted by atomic mass is 10.3. The lowest BCUT2D eigenvalue weighted by Crippen LogP contribution is -2.13. The molecule has 11 heteroatoms. The first-order valence-corrected chi connectivity index (χ1v) is 13.3. The smallest absolute Gasteiger partial charge is 0.413 e. The molecule has 1 aliphatic carbocycles. The monoisotopic (exact) mass is 551 g/mol. The van der Waals surface area contributed by atoms with Crippen LogP contribution in [0.2, 0.25) is 0 Å². The first-order chi connectivity index (χ1) is 17.8. The largest absolute Gasteiger partial charge is 0.478 e. The molecule has 3 rings (SSSR count). The Morgan fingerprint density at radius 2 is 1.65 bits per heavy atom. The number of carbonyl (C=O) groups is 3. The zero-order valence-electron chi connectivity index (χ0n) is 22.0. The van der Waals surface area contributed by atoms with Gasteiger partial charge in [0, 0.05) is 15.6 Å². The summed E-state index contributed by atoms with van der Waals surface area (Å²) in [5.41, 5.74) is 2.81. The molecule has 2 aromatic rings. The molecule has 2 amide bonds. The molecule has 204 valence electrons. The number of aliphatic carboxylic acids is 1. The summed E-state index contributed by atoms with van der Waals surface area (Å²) in [4.78, 5) is 36.9. The molecule has 0 aliphatic heterocycles. The van der Waals surface area contributed by atoms with Crippen molar-refractivity contribution >= 4 is 52.3 Å². The summed E-state index contributed by atoms with van der Waals surface area (Å²) in [6, 6.07) is 1.89. The summed E-state index contributed by atoms with van der Waals surface area (Å²) in [6.45, 7) is 17.3. The van der Waals surface area contributed by atoms with E-state index in [4.69, 9.17) is 9.84 Å². The van der Waals surface area contributed by atoms with Crippen LogP contribution in [0.1, 0.15) is 39.0 Å². The highest BCUT2D eigenvalue weighted by molar-refractivity contribution is 7.10. The van der Waals surface area contributed by atoms with E-state index in [9.17, 15) is 14.4 Å². The summed E-state index contributed by atoms with van der Waals surface area (Å²) in [6.07, 6.45) is 7.95. The van der Waals surface area contributed by atoms with Gasteiger partial charge in [-0.15, -0.1) is 22.7 Å². The van der Waals surface area contributed by atoms with Crippen LogP contribution in [-0.4, -0.2) is 41.5 Å². The van der Waals surface area contributed by atoms with Crippen molar-refractivity contribution in [3.8, 4) is 0 Å². The highest BCUT2D eigenvalue weighted by Gasteiger charge is 2.04. The van der Waals surface area contributed by atoms with Crippen molar-refractivity contribution in [2.24, 2.45) is 0 Å². The van der Waals surface area contributed by atoms with Gasteiger partial charge in [-0.05, 0) is 19.4 Å². The van der Waals surface area contributed by atoms with E-state index in [2.05, 4.69) is 33.5 Å². The van der Waals surface area contributed by atoms with E-state index in [0.717, 1.165) is 17.0 Å². The second-order valence-corrected chi connectivity index (χ2v) is 7.78. The third-order valence-electron chi connectivity index (χ3n) is 3.32. The van der Waals surface area contributed by atoms with Gasteiger partial charge in [0.25, 0.3) is 0 Å². The molecule has 37 heavy (non-hydrogen) atoms. The fraction of sp³-hybridized carbons (Fsp3) is 0.308. The van der Waals surface area contributed by atoms with Gasteiger partial charge >= 0.3 is 18.2 Å². The molecule has 0 atom stereocenters. The highest BCUT2D eigenvalue weighted by Crippen LogP contribution is 2.17. The molecule has 0 aromatic carbocycles. The first kappa shape index (κ1) is 35.5. The van der Waals surface area contributed by atoms with Crippen molar-refractivity contribution in [2.45, 2.75) is 41.0 Å². The van der Waals surface area contributed by atoms with Crippen molar-refractivity contribution in [1.29, 1.82) is 0 Å². The second kappa shape index (κ2) is 24.0. The van der Waals surface area contributed by atoms with Crippen LogP contribution in [0.15, 0.2) is 71.4 Å². The number of thiazole rings is 1. The maximum Gasteiger partial charge on any atom is 0.413 e. The minimum atomic E-state index is -0.834. The number of allylic oxidation sites excluding steroid dienone is 2. The fourth-order valence-corrected chi connectivity index (χ4v) is 3.08. The van der Waals surface area contributed by atoms with Gasteiger partial charge in [-0.3, -0.25) is 10.6 Å². The summed E-state index contributed by atoms with van der Waals surface area (Å²) in [5.74, 6) is -0.326. The minimum Gasteiger partial charge on any atom is -0.478 e. The van der Waals surface area contributed by atoms with Gasteiger partial charge < -0.3 is 14.6 Å². The van der Waals surface area contributed by atoms with Crippen LogP contribution in [0.4, 0.5) is 21.1 Å². The second-order valence-electron chi connectivity index (χ2n) is 5.95. The van der Waals surface area contributed by atoms with Gasteiger partial charge in [0.2, 0.25) is 0 Å². The van der Waals surface area contributed by atoms with Crippen molar-refractivity contribution in [3.63, 3.8) is 0 Å². The van der Waals surface area contributed by atoms with E-state index in [-0.39, 0.29) is 13.2 Å². The molecule has 0 saturated heterocycles. The molecule has 0 radical (unpaired) electrons. The average Bonchev–Trinajstić information content (AvgIpc) is 3.69. The molecule has 0 saturated carbocycles. The number of nitrogens with zero attached hydrogens (tertiary/aromatic N) is 1. The molecule has 1 aliphatic rings. The Hall–Kier alpha value is -3.70. The Balaban J connectivity index is 0. The number of carboxylic acid groups (broad SMARTS) is 1. The van der Waals surface area contributed by atoms with Crippen LogP contribution in [0, 0.1) is 6.92 Å². The lowest BCUT2D eigenvalue weighted by Gasteiger charge is -2.01. The molecular weight excluding hydrogens is 514 g/mol. The molecule has 2 heterocycles. The zero-order chi connectivity index (χ0) is 28.5. The standard InChI is InChI=1S/C9H11NO2S.C7H8N2O2S.C6H6O2.2C2H6/c1-3-4-12-9(11)10-8-5-7(2)13-6-8;1-2-3-11-7(10)9-6-4-12-5-8-6;7-6(8)5-3-1-2-4-5;2*1-2/h3,5-6H,1,4H2,2H3,(H,10,11);2,4-5H,1,3H2,(H,9,10);1,3-4H,2H2,(H,7,8);2*1-2H3. The minimum absolute atomic E-state index is 0.204. The SMILES string of the molecule is C=CCOC(=O)Nc1csc(C)c1.C=CCOC(=O)Nc1cscn1.CC.CC.O=C(O)C1=CCC=C1. The van der Waals surface area contributed by atoms with Crippen molar-refractivity contribution in [2.75, 3.05) is 23.8 Å². The van der Waals surface area contributed by atoms with Gasteiger partial charge in [-0.1, -0.05) is 71.2 Å². The van der Waals surface area contributed by atoms with Crippen LogP contribution >= 0.6 is 22.7 Å². The number of thiophene rings is 1. The van der Waals surface area contributed by atoms with Crippen molar-refractivity contribution < 1.29 is 29.0 Å². The summed E-state index contributed by atoms with van der Waals surface area (Å²) in [5, 5.41) is 16.9. The maximum absolute atomic E-state index is 11.0. The number of nitrogens with one attached hydrogen (secondary N) is 2. The molecule has 0 spiro atoms. The van der Waals surface area contributed by atoms with Gasteiger partial charge in [0.05, 0.1) is 16.8 Å². The van der Waals surface area contributed by atoms with E-state index in [0.29, 0.717) is 11.4 Å². The molecule has 2 aromatic heterocycles. The van der Waals surface area contributed by atoms with Crippen LogP contribution in [-0.2, 0) is 14.3 Å². The Morgan fingerprint density at radius 3 is 2.03 bits per heavy atom. The van der Waals surface area contributed by atoms with Crippen molar-refractivity contribution in [3.05, 3.63) is 76.3 Å². The normalized spacial score (nSPS) is 10.0. The quantitative estimate of drug-likeness (QED) is 0.301. The van der Waals surface area contributed by atoms with Gasteiger partial charge in [0.15, 0.2) is 0 Å². The lowest BCUT2D eigenvalue weighted by molar-refractivity contribution is -0.132. The van der Waals surface area contributed by atoms with Crippen LogP contribution in [0.25, 0.3) is 0 Å². The summed E-state index contributed by atoms with van der Waals surface area (Å²) >= 11 is 2.98. The molecular formula is C26H37N3O6S2. The number of hydrogen-bond donors (Lipinski definition) is 3. The van der Waals surface area contributed by atoms with Crippen LogP contribution in [0.5, 0.6) is 0 Å². The van der Waals surface area contributed by atoms with E-state index in [1.165, 1.54) is 23.5 Å². The van der Waals surface area contributed by atoms with E-state index < -0.39 is 18.2 Å². The Morgan fingerprint density at radius 1 is 1.05 bits per heavy atom. The fourth-order valence-electron chi connectivity index (χ4n) is 1.96. The number of amides is 2. The topological polar surface area (TPSA) is 127 Å². The molecule has 0 fully saturated rings. The third-order valence-corrected chi connectivity index (χ3v) is 4.77. The Kier molecular flexibility index (Phi) is 23.0. The maximum atomic E-state index is 11.0. The molecule has 3 N–H and O–H groups in total. The number of carbonyl (C=O) groups excluding carboxylic acids is 2. The number of anilines is 2. The number of carboxylic acids is 1. The molecule has 0 bridgehead atoms. The number of aryl methyl sites for hydroxylation is 1. The summed E-state index contributed by atoms with van der Waals surface area (Å²) < 4.78 is 9.40.